The fourth-order valence-electron chi connectivity index (χ4n) is 2.37. The van der Waals surface area contributed by atoms with E-state index in [9.17, 15) is 4.79 Å². The van der Waals surface area contributed by atoms with Crippen LogP contribution >= 0.6 is 23.5 Å². The lowest BCUT2D eigenvalue weighted by atomic mass is 10.2. The normalized spacial score (nSPS) is 10.5. The highest BCUT2D eigenvalue weighted by atomic mass is 32.2. The maximum Gasteiger partial charge on any atom is 0.255 e. The molecule has 0 atom stereocenters. The Hall–Kier alpha value is -2.38. The number of hydrogen-bond acceptors (Lipinski definition) is 6. The van der Waals surface area contributed by atoms with Crippen molar-refractivity contribution >= 4 is 35.1 Å². The monoisotopic (exact) mass is 385 g/mol. The molecule has 1 heterocycles. The maximum absolute atomic E-state index is 12.5. The number of benzene rings is 2. The fraction of sp³-hybridized carbons (Fsp3) is 0.211. The van der Waals surface area contributed by atoms with Gasteiger partial charge >= 0.3 is 0 Å². The molecule has 1 aromatic heterocycles. The number of carbonyl (C=O) groups is 1. The number of nitrogens with zero attached hydrogens (tertiary/aromatic N) is 2. The van der Waals surface area contributed by atoms with E-state index in [-0.39, 0.29) is 5.91 Å². The molecule has 0 fully saturated rings. The Labute approximate surface area is 161 Å². The molecule has 3 aromatic rings. The van der Waals surface area contributed by atoms with Crippen molar-refractivity contribution in [1.82, 2.24) is 8.75 Å². The van der Waals surface area contributed by atoms with Crippen LogP contribution in [0.25, 0.3) is 0 Å². The van der Waals surface area contributed by atoms with Crippen LogP contribution in [-0.2, 0) is 12.4 Å². The third-order valence-corrected chi connectivity index (χ3v) is 4.99. The summed E-state index contributed by atoms with van der Waals surface area (Å²) in [7, 11) is 0. The highest BCUT2D eigenvalue weighted by Crippen LogP contribution is 2.19. The molecule has 0 spiro atoms. The number of hydrogen-bond donors (Lipinski definition) is 1. The van der Waals surface area contributed by atoms with Crippen LogP contribution in [0.1, 0.15) is 27.3 Å². The van der Waals surface area contributed by atoms with Crippen molar-refractivity contribution in [2.24, 2.45) is 0 Å². The quantitative estimate of drug-likeness (QED) is 0.647. The van der Waals surface area contributed by atoms with Crippen LogP contribution in [0.15, 0.2) is 48.5 Å². The lowest BCUT2D eigenvalue weighted by molar-refractivity contribution is 0.102. The molecular weight excluding hydrogens is 366 g/mol. The molecule has 0 radical (unpaired) electrons. The summed E-state index contributed by atoms with van der Waals surface area (Å²) in [5.74, 6) is 1.38. The van der Waals surface area contributed by atoms with Crippen LogP contribution in [0, 0.1) is 6.92 Å². The molecule has 7 heteroatoms. The van der Waals surface area contributed by atoms with Crippen LogP contribution in [0.4, 0.5) is 5.69 Å². The number of thioether (sulfide) groups is 1. The van der Waals surface area contributed by atoms with Gasteiger partial charge in [0.2, 0.25) is 0 Å². The van der Waals surface area contributed by atoms with Gasteiger partial charge in [0.05, 0.1) is 17.4 Å². The molecule has 0 aliphatic carbocycles. The topological polar surface area (TPSA) is 64.1 Å². The number of ether oxygens (including phenoxy) is 1. The second-order valence-corrected chi connectivity index (χ2v) is 7.09. The summed E-state index contributed by atoms with van der Waals surface area (Å²) in [4.78, 5) is 12.5. The molecule has 0 saturated heterocycles. The summed E-state index contributed by atoms with van der Waals surface area (Å²) in [6.07, 6.45) is 2.06. The van der Waals surface area contributed by atoms with Crippen LogP contribution in [0.3, 0.4) is 0 Å². The molecule has 0 aliphatic heterocycles. The van der Waals surface area contributed by atoms with E-state index in [1.165, 1.54) is 17.3 Å². The molecule has 1 amide bonds. The van der Waals surface area contributed by atoms with E-state index in [4.69, 9.17) is 4.74 Å². The standard InChI is InChI=1S/C19H19N3O2S2/c1-13-18(22-26-21-13)11-24-17-8-4-6-15(10-17)19(23)20-16-7-3-5-14(9-16)12-25-2/h3-10H,11-12H2,1-2H3,(H,20,23). The summed E-state index contributed by atoms with van der Waals surface area (Å²) in [6.45, 7) is 2.24. The molecule has 0 bridgehead atoms. The summed E-state index contributed by atoms with van der Waals surface area (Å²) >= 11 is 2.92. The summed E-state index contributed by atoms with van der Waals surface area (Å²) in [6, 6.07) is 15.0. The van der Waals surface area contributed by atoms with Crippen molar-refractivity contribution in [3.63, 3.8) is 0 Å². The van der Waals surface area contributed by atoms with E-state index in [2.05, 4.69) is 26.4 Å². The van der Waals surface area contributed by atoms with Gasteiger partial charge in [0.15, 0.2) is 0 Å². The lowest BCUT2D eigenvalue weighted by Gasteiger charge is -2.09. The first-order valence-corrected chi connectivity index (χ1v) is 10.2. The predicted octanol–water partition coefficient (Wildman–Crippen LogP) is 4.54. The molecule has 2 aromatic carbocycles. The van der Waals surface area contributed by atoms with Crippen LogP contribution in [-0.4, -0.2) is 20.9 Å². The fourth-order valence-corrected chi connectivity index (χ4v) is 3.43. The van der Waals surface area contributed by atoms with Crippen molar-refractivity contribution in [3.8, 4) is 5.75 Å². The highest BCUT2D eigenvalue weighted by Gasteiger charge is 2.09. The van der Waals surface area contributed by atoms with Gasteiger partial charge in [0.1, 0.15) is 18.1 Å². The van der Waals surface area contributed by atoms with E-state index in [0.717, 1.165) is 22.8 Å². The molecule has 5 nitrogen and oxygen atoms in total. The Morgan fingerprint density at radius 2 is 2.04 bits per heavy atom. The van der Waals surface area contributed by atoms with E-state index in [1.807, 2.05) is 31.2 Å². The summed E-state index contributed by atoms with van der Waals surface area (Å²) in [5.41, 5.74) is 4.20. The van der Waals surface area contributed by atoms with E-state index in [0.29, 0.717) is 17.9 Å². The number of anilines is 1. The zero-order valence-corrected chi connectivity index (χ0v) is 16.2. The Balaban J connectivity index is 1.66. The molecule has 1 N–H and O–H groups in total. The van der Waals surface area contributed by atoms with Gasteiger partial charge in [-0.3, -0.25) is 4.79 Å². The minimum Gasteiger partial charge on any atom is -0.487 e. The average Bonchev–Trinajstić information content (AvgIpc) is 3.06. The zero-order chi connectivity index (χ0) is 18.4. The third-order valence-electron chi connectivity index (χ3n) is 3.71. The van der Waals surface area contributed by atoms with Gasteiger partial charge in [-0.1, -0.05) is 18.2 Å². The van der Waals surface area contributed by atoms with Gasteiger partial charge in [-0.2, -0.15) is 20.5 Å². The van der Waals surface area contributed by atoms with Crippen molar-refractivity contribution in [1.29, 1.82) is 0 Å². The van der Waals surface area contributed by atoms with Gasteiger partial charge < -0.3 is 10.1 Å². The molecule has 26 heavy (non-hydrogen) atoms. The Morgan fingerprint density at radius 3 is 2.81 bits per heavy atom. The van der Waals surface area contributed by atoms with Gasteiger partial charge in [-0.05, 0) is 49.1 Å². The van der Waals surface area contributed by atoms with Crippen LogP contribution < -0.4 is 10.1 Å². The first kappa shape index (κ1) is 18.4. The largest absolute Gasteiger partial charge is 0.487 e. The van der Waals surface area contributed by atoms with Crippen LogP contribution in [0.5, 0.6) is 5.75 Å². The molecular formula is C19H19N3O2S2. The molecule has 3 rings (SSSR count). The first-order valence-electron chi connectivity index (χ1n) is 8.06. The van der Waals surface area contributed by atoms with E-state index >= 15 is 0 Å². The summed E-state index contributed by atoms with van der Waals surface area (Å²) in [5, 5.41) is 2.94. The van der Waals surface area contributed by atoms with Crippen LogP contribution in [0.2, 0.25) is 0 Å². The second-order valence-electron chi connectivity index (χ2n) is 5.70. The number of nitrogens with one attached hydrogen (secondary N) is 1. The van der Waals surface area contributed by atoms with Gasteiger partial charge in [0.25, 0.3) is 5.91 Å². The maximum atomic E-state index is 12.5. The average molecular weight is 386 g/mol. The molecule has 0 saturated carbocycles. The highest BCUT2D eigenvalue weighted by molar-refractivity contribution is 7.97. The van der Waals surface area contributed by atoms with Gasteiger partial charge in [-0.15, -0.1) is 0 Å². The Morgan fingerprint density at radius 1 is 1.19 bits per heavy atom. The molecule has 0 aliphatic rings. The Bertz CT molecular complexity index is 896. The number of rotatable bonds is 7. The van der Waals surface area contributed by atoms with Crippen molar-refractivity contribution in [2.75, 3.05) is 11.6 Å². The zero-order valence-electron chi connectivity index (χ0n) is 14.6. The van der Waals surface area contributed by atoms with E-state index < -0.39 is 0 Å². The molecule has 134 valence electrons. The van der Waals surface area contributed by atoms with Crippen molar-refractivity contribution in [3.05, 3.63) is 71.0 Å². The van der Waals surface area contributed by atoms with E-state index in [1.54, 1.807) is 30.0 Å². The second kappa shape index (κ2) is 8.82. The van der Waals surface area contributed by atoms with Crippen molar-refractivity contribution < 1.29 is 9.53 Å². The van der Waals surface area contributed by atoms with Gasteiger partial charge in [-0.25, -0.2) is 0 Å². The number of amides is 1. The van der Waals surface area contributed by atoms with Crippen molar-refractivity contribution in [2.45, 2.75) is 19.3 Å². The van der Waals surface area contributed by atoms with Gasteiger partial charge in [0, 0.05) is 17.0 Å². The minimum absolute atomic E-state index is 0.164. The summed E-state index contributed by atoms with van der Waals surface area (Å²) < 4.78 is 14.1. The first-order chi connectivity index (χ1) is 12.7. The molecule has 0 unspecified atom stereocenters. The third kappa shape index (κ3) is 4.83. The predicted molar refractivity (Wildman–Crippen MR) is 107 cm³/mol. The smallest absolute Gasteiger partial charge is 0.255 e. The number of carbonyl (C=O) groups excluding carboxylic acids is 1. The minimum atomic E-state index is -0.164. The number of aryl methyl sites for hydroxylation is 1. The lowest BCUT2D eigenvalue weighted by Crippen LogP contribution is -2.12. The number of aromatic nitrogens is 2. The Kier molecular flexibility index (Phi) is 6.25. The SMILES string of the molecule is CSCc1cccc(NC(=O)c2cccc(OCc3nsnc3C)c2)c1.